The Bertz CT molecular complexity index is 1230. The first-order chi connectivity index (χ1) is 14.4. The molecule has 4 aromatic rings. The third kappa shape index (κ3) is 2.96. The molecule has 1 aliphatic rings. The van der Waals surface area contributed by atoms with Gasteiger partial charge in [-0.05, 0) is 55.0 Å². The van der Waals surface area contributed by atoms with E-state index in [1.54, 1.807) is 29.1 Å². The molecule has 0 bridgehead atoms. The SMILES string of the molecule is C[C@@]1(F)[CH][C@H](c2ccccc2)N(c2ccc3c(cnn3-c3ccc(F)cc3)c2)C1=O. The third-order valence-electron chi connectivity index (χ3n) is 5.43. The maximum Gasteiger partial charge on any atom is 0.265 e. The van der Waals surface area contributed by atoms with Crippen molar-refractivity contribution in [2.24, 2.45) is 0 Å². The second-order valence-electron chi connectivity index (χ2n) is 7.55. The molecule has 0 aliphatic carbocycles. The lowest BCUT2D eigenvalue weighted by atomic mass is 9.99. The first kappa shape index (κ1) is 18.5. The predicted molar refractivity (Wildman–Crippen MR) is 112 cm³/mol. The summed E-state index contributed by atoms with van der Waals surface area (Å²) in [7, 11) is 0. The fourth-order valence-electron chi connectivity index (χ4n) is 3.94. The first-order valence-electron chi connectivity index (χ1n) is 9.61. The lowest BCUT2D eigenvalue weighted by Crippen LogP contribution is -2.34. The Labute approximate surface area is 172 Å². The number of fused-ring (bicyclic) bond motifs is 1. The van der Waals surface area contributed by atoms with Crippen molar-refractivity contribution in [1.29, 1.82) is 0 Å². The van der Waals surface area contributed by atoms with Crippen molar-refractivity contribution >= 4 is 22.5 Å². The molecule has 30 heavy (non-hydrogen) atoms. The summed E-state index contributed by atoms with van der Waals surface area (Å²) in [5.74, 6) is -0.913. The van der Waals surface area contributed by atoms with E-state index in [1.165, 1.54) is 30.4 Å². The number of halogens is 2. The van der Waals surface area contributed by atoms with Crippen LogP contribution in [0.15, 0.2) is 79.0 Å². The molecule has 0 spiro atoms. The largest absolute Gasteiger partial charge is 0.302 e. The predicted octanol–water partition coefficient (Wildman–Crippen LogP) is 5.18. The molecule has 1 aromatic heterocycles. The zero-order chi connectivity index (χ0) is 20.9. The molecule has 5 rings (SSSR count). The summed E-state index contributed by atoms with van der Waals surface area (Å²) in [6.07, 6.45) is 3.12. The average Bonchev–Trinajstić information content (AvgIpc) is 3.27. The zero-order valence-electron chi connectivity index (χ0n) is 16.2. The second kappa shape index (κ2) is 6.76. The van der Waals surface area contributed by atoms with Crippen molar-refractivity contribution in [2.45, 2.75) is 18.6 Å². The number of carbonyl (C=O) groups is 1. The van der Waals surface area contributed by atoms with Crippen molar-refractivity contribution in [3.05, 3.63) is 96.8 Å². The fraction of sp³-hybridized carbons (Fsp3) is 0.125. The summed E-state index contributed by atoms with van der Waals surface area (Å²) >= 11 is 0. The van der Waals surface area contributed by atoms with Crippen LogP contribution in [-0.2, 0) is 4.79 Å². The minimum absolute atomic E-state index is 0.317. The van der Waals surface area contributed by atoms with Crippen LogP contribution in [0.5, 0.6) is 0 Å². The number of benzene rings is 3. The highest BCUT2D eigenvalue weighted by Gasteiger charge is 2.50. The summed E-state index contributed by atoms with van der Waals surface area (Å²) < 4.78 is 29.9. The smallest absolute Gasteiger partial charge is 0.265 e. The molecule has 6 heteroatoms. The van der Waals surface area contributed by atoms with Gasteiger partial charge in [0.1, 0.15) is 5.82 Å². The van der Waals surface area contributed by atoms with E-state index in [0.717, 1.165) is 22.2 Å². The number of anilines is 1. The Kier molecular flexibility index (Phi) is 4.17. The number of rotatable bonds is 3. The van der Waals surface area contributed by atoms with Gasteiger partial charge in [-0.15, -0.1) is 0 Å². The summed E-state index contributed by atoms with van der Waals surface area (Å²) in [6, 6.07) is 20.4. The molecule has 2 heterocycles. The minimum atomic E-state index is -2.05. The van der Waals surface area contributed by atoms with Crippen molar-refractivity contribution in [1.82, 2.24) is 9.78 Å². The van der Waals surface area contributed by atoms with E-state index in [4.69, 9.17) is 0 Å². The lowest BCUT2D eigenvalue weighted by Gasteiger charge is -2.25. The summed E-state index contributed by atoms with van der Waals surface area (Å²) in [4.78, 5) is 14.4. The molecule has 0 saturated carbocycles. The minimum Gasteiger partial charge on any atom is -0.302 e. The van der Waals surface area contributed by atoms with Crippen molar-refractivity contribution in [3.8, 4) is 5.69 Å². The van der Waals surface area contributed by atoms with Gasteiger partial charge in [0.25, 0.3) is 5.91 Å². The van der Waals surface area contributed by atoms with E-state index in [9.17, 15) is 13.6 Å². The highest BCUT2D eigenvalue weighted by molar-refractivity contribution is 6.05. The van der Waals surface area contributed by atoms with Crippen LogP contribution in [0.25, 0.3) is 16.6 Å². The van der Waals surface area contributed by atoms with E-state index in [2.05, 4.69) is 5.10 Å². The standard InChI is InChI=1S/C24H18F2N3O/c1-24(26)14-22(16-5-3-2-4-6-16)28(23(24)30)20-11-12-21-17(13-20)15-27-29(21)19-9-7-18(25)8-10-19/h2-15,22H,1H3/t22-,24-/m1/s1. The topological polar surface area (TPSA) is 38.1 Å². The molecular weight excluding hydrogens is 384 g/mol. The maximum absolute atomic E-state index is 15.0. The van der Waals surface area contributed by atoms with Crippen LogP contribution in [0.1, 0.15) is 18.5 Å². The second-order valence-corrected chi connectivity index (χ2v) is 7.55. The van der Waals surface area contributed by atoms with E-state index in [1.807, 2.05) is 42.5 Å². The Morgan fingerprint density at radius 2 is 1.67 bits per heavy atom. The Morgan fingerprint density at radius 3 is 2.40 bits per heavy atom. The van der Waals surface area contributed by atoms with Crippen LogP contribution >= 0.6 is 0 Å². The fourth-order valence-corrected chi connectivity index (χ4v) is 3.94. The molecule has 1 fully saturated rings. The molecule has 149 valence electrons. The number of hydrogen-bond donors (Lipinski definition) is 0. The van der Waals surface area contributed by atoms with Gasteiger partial charge in [-0.2, -0.15) is 5.10 Å². The lowest BCUT2D eigenvalue weighted by molar-refractivity contribution is -0.125. The molecule has 1 amide bonds. The van der Waals surface area contributed by atoms with E-state index in [-0.39, 0.29) is 5.82 Å². The highest BCUT2D eigenvalue weighted by atomic mass is 19.1. The van der Waals surface area contributed by atoms with Gasteiger partial charge >= 0.3 is 0 Å². The number of carbonyl (C=O) groups excluding carboxylic acids is 1. The van der Waals surface area contributed by atoms with Crippen molar-refractivity contribution in [3.63, 3.8) is 0 Å². The summed E-state index contributed by atoms with van der Waals surface area (Å²) in [5.41, 5.74) is 0.920. The highest BCUT2D eigenvalue weighted by Crippen LogP contribution is 2.43. The molecular formula is C24H18F2N3O. The summed E-state index contributed by atoms with van der Waals surface area (Å²) in [6.45, 7) is 1.29. The van der Waals surface area contributed by atoms with Crippen LogP contribution in [0.2, 0.25) is 0 Å². The van der Waals surface area contributed by atoms with Crippen molar-refractivity contribution < 1.29 is 13.6 Å². The number of alkyl halides is 1. The van der Waals surface area contributed by atoms with Gasteiger partial charge in [0.05, 0.1) is 23.4 Å². The van der Waals surface area contributed by atoms with Gasteiger partial charge in [-0.3, -0.25) is 4.79 Å². The number of amides is 1. The van der Waals surface area contributed by atoms with Crippen LogP contribution in [0.4, 0.5) is 14.5 Å². The van der Waals surface area contributed by atoms with Crippen LogP contribution < -0.4 is 4.90 Å². The molecule has 0 N–H and O–H groups in total. The molecule has 3 aromatic carbocycles. The molecule has 0 unspecified atom stereocenters. The molecule has 4 nitrogen and oxygen atoms in total. The van der Waals surface area contributed by atoms with E-state index < -0.39 is 17.6 Å². The Balaban J connectivity index is 1.58. The van der Waals surface area contributed by atoms with Gasteiger partial charge in [-0.1, -0.05) is 30.3 Å². The van der Waals surface area contributed by atoms with Gasteiger partial charge in [0.15, 0.2) is 5.67 Å². The monoisotopic (exact) mass is 402 g/mol. The number of aromatic nitrogens is 2. The van der Waals surface area contributed by atoms with Crippen LogP contribution in [0, 0.1) is 12.2 Å². The average molecular weight is 402 g/mol. The Morgan fingerprint density at radius 1 is 0.967 bits per heavy atom. The molecule has 1 aliphatic heterocycles. The van der Waals surface area contributed by atoms with Crippen LogP contribution in [-0.4, -0.2) is 21.4 Å². The third-order valence-corrected chi connectivity index (χ3v) is 5.43. The molecule has 1 radical (unpaired) electrons. The van der Waals surface area contributed by atoms with Gasteiger partial charge in [0.2, 0.25) is 0 Å². The summed E-state index contributed by atoms with van der Waals surface area (Å²) in [5, 5.41) is 5.19. The van der Waals surface area contributed by atoms with E-state index >= 15 is 0 Å². The Hall–Kier alpha value is -3.54. The number of nitrogens with zero attached hydrogens (tertiary/aromatic N) is 3. The molecule has 2 atom stereocenters. The van der Waals surface area contributed by atoms with Gasteiger partial charge in [-0.25, -0.2) is 13.5 Å². The van der Waals surface area contributed by atoms with E-state index in [0.29, 0.717) is 5.69 Å². The zero-order valence-corrected chi connectivity index (χ0v) is 16.2. The quantitative estimate of drug-likeness (QED) is 0.473. The van der Waals surface area contributed by atoms with Gasteiger partial charge in [0, 0.05) is 17.5 Å². The van der Waals surface area contributed by atoms with Crippen molar-refractivity contribution in [2.75, 3.05) is 4.90 Å². The normalized spacial score (nSPS) is 21.5. The number of hydrogen-bond acceptors (Lipinski definition) is 2. The first-order valence-corrected chi connectivity index (χ1v) is 9.61. The van der Waals surface area contributed by atoms with Crippen LogP contribution in [0.3, 0.4) is 0 Å². The molecule has 1 saturated heterocycles. The van der Waals surface area contributed by atoms with Gasteiger partial charge < -0.3 is 4.90 Å². The maximum atomic E-state index is 15.0.